The van der Waals surface area contributed by atoms with Gasteiger partial charge in [-0.05, 0) is 12.5 Å². The monoisotopic (exact) mass is 294 g/mol. The molecule has 0 saturated heterocycles. The maximum atomic E-state index is 12.0. The van der Waals surface area contributed by atoms with Gasteiger partial charge in [0.05, 0.1) is 25.2 Å². The topological polar surface area (TPSA) is 89.1 Å². The fourth-order valence-corrected chi connectivity index (χ4v) is 2.22. The molecule has 0 unspecified atom stereocenters. The van der Waals surface area contributed by atoms with E-state index in [9.17, 15) is 15.0 Å². The summed E-state index contributed by atoms with van der Waals surface area (Å²) < 4.78 is 15.4. The van der Waals surface area contributed by atoms with Gasteiger partial charge in [0.25, 0.3) is 0 Å². The van der Waals surface area contributed by atoms with E-state index in [1.165, 1.54) is 12.1 Å². The van der Waals surface area contributed by atoms with Gasteiger partial charge in [-0.2, -0.15) is 0 Å². The Morgan fingerprint density at radius 3 is 2.67 bits per heavy atom. The minimum Gasteiger partial charge on any atom is -0.508 e. The Balaban J connectivity index is 2.30. The number of benzene rings is 1. The highest BCUT2D eigenvalue weighted by atomic mass is 16.5. The lowest BCUT2D eigenvalue weighted by Gasteiger charge is -2.09. The van der Waals surface area contributed by atoms with Crippen molar-refractivity contribution in [3.63, 3.8) is 0 Å². The van der Waals surface area contributed by atoms with Crippen molar-refractivity contribution in [3.8, 4) is 11.5 Å². The molecule has 0 fully saturated rings. The Labute approximate surface area is 121 Å². The maximum absolute atomic E-state index is 12.0. The van der Waals surface area contributed by atoms with E-state index < -0.39 is 5.63 Å². The van der Waals surface area contributed by atoms with E-state index in [4.69, 9.17) is 13.9 Å². The summed E-state index contributed by atoms with van der Waals surface area (Å²) in [5.41, 5.74) is 0.773. The molecule has 0 amide bonds. The van der Waals surface area contributed by atoms with Crippen LogP contribution < -0.4 is 5.63 Å². The van der Waals surface area contributed by atoms with E-state index in [0.717, 1.165) is 0 Å². The van der Waals surface area contributed by atoms with Crippen molar-refractivity contribution in [3.05, 3.63) is 33.7 Å². The van der Waals surface area contributed by atoms with E-state index >= 15 is 0 Å². The number of rotatable bonds is 6. The second-order valence-electron chi connectivity index (χ2n) is 4.69. The molecule has 21 heavy (non-hydrogen) atoms. The molecule has 1 heterocycles. The summed E-state index contributed by atoms with van der Waals surface area (Å²) in [7, 11) is 1.59. The largest absolute Gasteiger partial charge is 0.508 e. The SMILES string of the molecule is COCCOCCc1c(C)c2c(O)cc(O)cc2oc1=O. The van der Waals surface area contributed by atoms with Crippen LogP contribution in [0.15, 0.2) is 21.3 Å². The second-order valence-corrected chi connectivity index (χ2v) is 4.69. The van der Waals surface area contributed by atoms with Crippen LogP contribution in [0.5, 0.6) is 11.5 Å². The van der Waals surface area contributed by atoms with Gasteiger partial charge in [-0.25, -0.2) is 4.79 Å². The average Bonchev–Trinajstić information content (AvgIpc) is 2.40. The molecule has 0 aliphatic rings. The Morgan fingerprint density at radius 1 is 1.19 bits per heavy atom. The summed E-state index contributed by atoms with van der Waals surface area (Å²) in [5, 5.41) is 19.8. The zero-order valence-electron chi connectivity index (χ0n) is 12.0. The van der Waals surface area contributed by atoms with E-state index in [-0.39, 0.29) is 17.1 Å². The number of phenols is 2. The zero-order chi connectivity index (χ0) is 15.4. The number of fused-ring (bicyclic) bond motifs is 1. The number of methoxy groups -OCH3 is 1. The van der Waals surface area contributed by atoms with E-state index in [2.05, 4.69) is 0 Å². The third-order valence-corrected chi connectivity index (χ3v) is 3.27. The standard InChI is InChI=1S/C15H18O6/c1-9-11(3-4-20-6-5-19-2)15(18)21-13-8-10(16)7-12(17)14(9)13/h7-8,16-17H,3-6H2,1-2H3. The van der Waals surface area contributed by atoms with E-state index in [1.54, 1.807) is 14.0 Å². The highest BCUT2D eigenvalue weighted by Gasteiger charge is 2.15. The van der Waals surface area contributed by atoms with Gasteiger partial charge in [-0.15, -0.1) is 0 Å². The molecule has 2 rings (SSSR count). The van der Waals surface area contributed by atoms with Gasteiger partial charge in [0.15, 0.2) is 0 Å². The predicted octanol–water partition coefficient (Wildman–Crippen LogP) is 1.72. The van der Waals surface area contributed by atoms with Crippen LogP contribution >= 0.6 is 0 Å². The van der Waals surface area contributed by atoms with Gasteiger partial charge < -0.3 is 24.1 Å². The van der Waals surface area contributed by atoms with Crippen LogP contribution in [-0.4, -0.2) is 37.1 Å². The van der Waals surface area contributed by atoms with Gasteiger partial charge in [0, 0.05) is 31.2 Å². The van der Waals surface area contributed by atoms with Gasteiger partial charge >= 0.3 is 5.63 Å². The fraction of sp³-hybridized carbons (Fsp3) is 0.400. The Hall–Kier alpha value is -2.05. The first-order valence-corrected chi connectivity index (χ1v) is 6.59. The summed E-state index contributed by atoms with van der Waals surface area (Å²) in [4.78, 5) is 12.0. The Bertz CT molecular complexity index is 689. The van der Waals surface area contributed by atoms with E-state index in [0.29, 0.717) is 42.8 Å². The molecule has 6 nitrogen and oxygen atoms in total. The quantitative estimate of drug-likeness (QED) is 0.623. The molecule has 114 valence electrons. The van der Waals surface area contributed by atoms with Crippen molar-refractivity contribution in [2.24, 2.45) is 0 Å². The molecule has 0 spiro atoms. The molecular formula is C15H18O6. The highest BCUT2D eigenvalue weighted by molar-refractivity contribution is 5.88. The Morgan fingerprint density at radius 2 is 1.95 bits per heavy atom. The molecule has 0 aliphatic carbocycles. The van der Waals surface area contributed by atoms with Crippen LogP contribution in [0.4, 0.5) is 0 Å². The first kappa shape index (κ1) is 15.3. The number of hydrogen-bond acceptors (Lipinski definition) is 6. The third-order valence-electron chi connectivity index (χ3n) is 3.27. The minimum absolute atomic E-state index is 0.118. The lowest BCUT2D eigenvalue weighted by Crippen LogP contribution is -2.14. The average molecular weight is 294 g/mol. The molecule has 1 aromatic heterocycles. The molecular weight excluding hydrogens is 276 g/mol. The smallest absolute Gasteiger partial charge is 0.339 e. The van der Waals surface area contributed by atoms with Crippen LogP contribution in [0.1, 0.15) is 11.1 Å². The van der Waals surface area contributed by atoms with Gasteiger partial charge in [0.1, 0.15) is 17.1 Å². The van der Waals surface area contributed by atoms with Gasteiger partial charge in [-0.1, -0.05) is 0 Å². The van der Waals surface area contributed by atoms with E-state index in [1.807, 2.05) is 0 Å². The third kappa shape index (κ3) is 3.34. The Kier molecular flexibility index (Phi) is 4.82. The number of hydrogen-bond donors (Lipinski definition) is 2. The number of phenolic OH excluding ortho intramolecular Hbond substituents is 2. The first-order valence-electron chi connectivity index (χ1n) is 6.59. The van der Waals surface area contributed by atoms with Gasteiger partial charge in [0.2, 0.25) is 0 Å². The first-order chi connectivity index (χ1) is 10.0. The maximum Gasteiger partial charge on any atom is 0.339 e. The summed E-state index contributed by atoms with van der Waals surface area (Å²) in [6.45, 7) is 3.04. The van der Waals surface area contributed by atoms with Crippen LogP contribution in [0.2, 0.25) is 0 Å². The fourth-order valence-electron chi connectivity index (χ4n) is 2.22. The molecule has 0 radical (unpaired) electrons. The molecule has 2 aromatic rings. The molecule has 0 atom stereocenters. The minimum atomic E-state index is -0.486. The van der Waals surface area contributed by atoms with Crippen molar-refractivity contribution < 1.29 is 24.1 Å². The lowest BCUT2D eigenvalue weighted by atomic mass is 10.0. The predicted molar refractivity (Wildman–Crippen MR) is 76.9 cm³/mol. The van der Waals surface area contributed by atoms with Crippen molar-refractivity contribution in [1.82, 2.24) is 0 Å². The lowest BCUT2D eigenvalue weighted by molar-refractivity contribution is 0.0720. The van der Waals surface area contributed by atoms with Crippen LogP contribution in [-0.2, 0) is 15.9 Å². The van der Waals surface area contributed by atoms with Gasteiger partial charge in [-0.3, -0.25) is 0 Å². The molecule has 6 heteroatoms. The highest BCUT2D eigenvalue weighted by Crippen LogP contribution is 2.32. The summed E-state index contributed by atoms with van der Waals surface area (Å²) >= 11 is 0. The molecule has 1 aromatic carbocycles. The van der Waals surface area contributed by atoms with Crippen molar-refractivity contribution in [2.45, 2.75) is 13.3 Å². The number of aromatic hydroxyl groups is 2. The second kappa shape index (κ2) is 6.60. The number of ether oxygens (including phenoxy) is 2. The molecule has 2 N–H and O–H groups in total. The van der Waals surface area contributed by atoms with Crippen molar-refractivity contribution in [2.75, 3.05) is 26.9 Å². The molecule has 0 saturated carbocycles. The van der Waals surface area contributed by atoms with Crippen LogP contribution in [0.3, 0.4) is 0 Å². The van der Waals surface area contributed by atoms with Crippen LogP contribution in [0.25, 0.3) is 11.0 Å². The summed E-state index contributed by atoms with van der Waals surface area (Å²) in [5.74, 6) is -0.272. The molecule has 0 bridgehead atoms. The summed E-state index contributed by atoms with van der Waals surface area (Å²) in [6, 6.07) is 2.52. The normalized spacial score (nSPS) is 11.1. The van der Waals surface area contributed by atoms with Crippen molar-refractivity contribution >= 4 is 11.0 Å². The van der Waals surface area contributed by atoms with Crippen LogP contribution in [0, 0.1) is 6.92 Å². The number of aryl methyl sites for hydroxylation is 1. The summed E-state index contributed by atoms with van der Waals surface area (Å²) in [6.07, 6.45) is 0.383. The molecule has 0 aliphatic heterocycles. The zero-order valence-corrected chi connectivity index (χ0v) is 12.0. The van der Waals surface area contributed by atoms with Crippen molar-refractivity contribution in [1.29, 1.82) is 0 Å².